The summed E-state index contributed by atoms with van der Waals surface area (Å²) < 4.78 is 0. The van der Waals surface area contributed by atoms with E-state index in [4.69, 9.17) is 0 Å². The molecule has 0 bridgehead atoms. The van der Waals surface area contributed by atoms with E-state index < -0.39 is 0 Å². The second kappa shape index (κ2) is 5.05. The minimum atomic E-state index is 0.233. The Hall–Kier alpha value is -1.81. The van der Waals surface area contributed by atoms with Crippen LogP contribution in [0.2, 0.25) is 0 Å². The van der Waals surface area contributed by atoms with E-state index in [-0.39, 0.29) is 5.91 Å². The molecule has 0 spiro atoms. The van der Waals surface area contributed by atoms with Gasteiger partial charge in [0.25, 0.3) is 0 Å². The minimum absolute atomic E-state index is 0.233. The van der Waals surface area contributed by atoms with E-state index in [1.54, 1.807) is 0 Å². The number of amides is 1. The number of nitrogens with zero attached hydrogens (tertiary/aromatic N) is 1. The number of hydrogen-bond donors (Lipinski definition) is 2. The van der Waals surface area contributed by atoms with Gasteiger partial charge in [-0.05, 0) is 18.1 Å². The van der Waals surface area contributed by atoms with Gasteiger partial charge in [-0.15, -0.1) is 0 Å². The number of benzene rings is 1. The molecule has 1 aliphatic heterocycles. The first-order valence-corrected chi connectivity index (χ1v) is 6.77. The maximum absolute atomic E-state index is 12.1. The van der Waals surface area contributed by atoms with E-state index in [1.807, 2.05) is 30.3 Å². The molecule has 2 N–H and O–H groups in total. The Labute approximate surface area is 112 Å². The molecule has 1 aromatic heterocycles. The van der Waals surface area contributed by atoms with Crippen molar-refractivity contribution in [2.75, 3.05) is 20.1 Å². The van der Waals surface area contributed by atoms with Gasteiger partial charge in [0.05, 0.1) is 6.04 Å². The molecule has 1 aromatic carbocycles. The SMILES string of the molecule is CN(C(=O)CCc1c[nH]c2ccccc12)C1CNC1. The number of aromatic amines is 1. The van der Waals surface area contributed by atoms with Crippen molar-refractivity contribution in [3.05, 3.63) is 36.0 Å². The number of aryl methyl sites for hydroxylation is 1. The number of rotatable bonds is 4. The van der Waals surface area contributed by atoms with Crippen LogP contribution in [0, 0.1) is 0 Å². The van der Waals surface area contributed by atoms with Crippen LogP contribution in [0.4, 0.5) is 0 Å². The Morgan fingerprint density at radius 2 is 2.16 bits per heavy atom. The molecule has 1 fully saturated rings. The number of aromatic nitrogens is 1. The largest absolute Gasteiger partial charge is 0.361 e. The smallest absolute Gasteiger partial charge is 0.222 e. The maximum Gasteiger partial charge on any atom is 0.222 e. The average Bonchev–Trinajstić information content (AvgIpc) is 2.77. The number of carbonyl (C=O) groups is 1. The number of likely N-dealkylation sites (N-methyl/N-ethyl adjacent to an activating group) is 1. The first kappa shape index (κ1) is 12.2. The molecule has 100 valence electrons. The second-order valence-corrected chi connectivity index (χ2v) is 5.18. The van der Waals surface area contributed by atoms with Gasteiger partial charge in [-0.25, -0.2) is 0 Å². The van der Waals surface area contributed by atoms with E-state index in [0.717, 1.165) is 25.0 Å². The van der Waals surface area contributed by atoms with Gasteiger partial charge >= 0.3 is 0 Å². The maximum atomic E-state index is 12.1. The van der Waals surface area contributed by atoms with Crippen LogP contribution in [0.5, 0.6) is 0 Å². The summed E-state index contributed by atoms with van der Waals surface area (Å²) in [6, 6.07) is 8.60. The van der Waals surface area contributed by atoms with Crippen molar-refractivity contribution < 1.29 is 4.79 Å². The van der Waals surface area contributed by atoms with E-state index in [2.05, 4.69) is 22.4 Å². The predicted molar refractivity (Wildman–Crippen MR) is 76.0 cm³/mol. The summed E-state index contributed by atoms with van der Waals surface area (Å²) in [5, 5.41) is 4.42. The van der Waals surface area contributed by atoms with Crippen LogP contribution in [0.3, 0.4) is 0 Å². The van der Waals surface area contributed by atoms with Crippen LogP contribution in [0.25, 0.3) is 10.9 Å². The normalized spacial score (nSPS) is 15.4. The van der Waals surface area contributed by atoms with Gasteiger partial charge in [0.15, 0.2) is 0 Å². The summed E-state index contributed by atoms with van der Waals surface area (Å²) >= 11 is 0. The summed E-state index contributed by atoms with van der Waals surface area (Å²) in [4.78, 5) is 17.2. The van der Waals surface area contributed by atoms with Crippen molar-refractivity contribution in [2.24, 2.45) is 0 Å². The number of nitrogens with one attached hydrogen (secondary N) is 2. The van der Waals surface area contributed by atoms with Crippen molar-refractivity contribution in [3.8, 4) is 0 Å². The van der Waals surface area contributed by atoms with E-state index in [9.17, 15) is 4.79 Å². The third-order valence-electron chi connectivity index (χ3n) is 3.98. The Bertz CT molecular complexity index is 586. The fraction of sp³-hybridized carbons (Fsp3) is 0.400. The van der Waals surface area contributed by atoms with Gasteiger partial charge in [-0.2, -0.15) is 0 Å². The Kier molecular flexibility index (Phi) is 3.25. The fourth-order valence-corrected chi connectivity index (χ4v) is 2.51. The third-order valence-corrected chi connectivity index (χ3v) is 3.98. The third kappa shape index (κ3) is 2.36. The van der Waals surface area contributed by atoms with Crippen molar-refractivity contribution in [2.45, 2.75) is 18.9 Å². The molecule has 1 amide bonds. The highest BCUT2D eigenvalue weighted by Gasteiger charge is 2.24. The molecule has 0 radical (unpaired) electrons. The summed E-state index contributed by atoms with van der Waals surface area (Å²) in [6.07, 6.45) is 3.39. The van der Waals surface area contributed by atoms with Gasteiger partial charge in [-0.1, -0.05) is 18.2 Å². The standard InChI is InChI=1S/C15H19N3O/c1-18(12-9-16-10-12)15(19)7-6-11-8-17-14-5-3-2-4-13(11)14/h2-5,8,12,16-17H,6-7,9-10H2,1H3. The lowest BCUT2D eigenvalue weighted by molar-refractivity contribution is -0.132. The topological polar surface area (TPSA) is 48.1 Å². The summed E-state index contributed by atoms with van der Waals surface area (Å²) in [6.45, 7) is 1.85. The number of para-hydroxylation sites is 1. The van der Waals surface area contributed by atoms with Crippen LogP contribution in [-0.2, 0) is 11.2 Å². The fourth-order valence-electron chi connectivity index (χ4n) is 2.51. The lowest BCUT2D eigenvalue weighted by Crippen LogP contribution is -2.57. The highest BCUT2D eigenvalue weighted by molar-refractivity contribution is 5.84. The van der Waals surface area contributed by atoms with Crippen molar-refractivity contribution in [1.29, 1.82) is 0 Å². The number of hydrogen-bond acceptors (Lipinski definition) is 2. The molecule has 19 heavy (non-hydrogen) atoms. The van der Waals surface area contributed by atoms with Gasteiger partial charge in [0.1, 0.15) is 0 Å². The Morgan fingerprint density at radius 3 is 2.89 bits per heavy atom. The number of H-pyrrole nitrogens is 1. The van der Waals surface area contributed by atoms with Crippen LogP contribution < -0.4 is 5.32 Å². The average molecular weight is 257 g/mol. The number of fused-ring (bicyclic) bond motifs is 1. The monoisotopic (exact) mass is 257 g/mol. The Balaban J connectivity index is 1.64. The zero-order chi connectivity index (χ0) is 13.2. The minimum Gasteiger partial charge on any atom is -0.361 e. The van der Waals surface area contributed by atoms with Crippen LogP contribution in [0.1, 0.15) is 12.0 Å². The van der Waals surface area contributed by atoms with Gasteiger partial charge < -0.3 is 15.2 Å². The molecule has 0 saturated carbocycles. The van der Waals surface area contributed by atoms with Gasteiger partial charge in [0, 0.05) is 43.7 Å². The van der Waals surface area contributed by atoms with Crippen LogP contribution >= 0.6 is 0 Å². The molecule has 2 heterocycles. The predicted octanol–water partition coefficient (Wildman–Crippen LogP) is 1.53. The zero-order valence-electron chi connectivity index (χ0n) is 11.1. The quantitative estimate of drug-likeness (QED) is 0.872. The highest BCUT2D eigenvalue weighted by atomic mass is 16.2. The lowest BCUT2D eigenvalue weighted by Gasteiger charge is -2.35. The zero-order valence-corrected chi connectivity index (χ0v) is 11.1. The van der Waals surface area contributed by atoms with Gasteiger partial charge in [0.2, 0.25) is 5.91 Å². The number of carbonyl (C=O) groups excluding carboxylic acids is 1. The van der Waals surface area contributed by atoms with Gasteiger partial charge in [-0.3, -0.25) is 4.79 Å². The first-order chi connectivity index (χ1) is 9.25. The van der Waals surface area contributed by atoms with Crippen molar-refractivity contribution in [1.82, 2.24) is 15.2 Å². The van der Waals surface area contributed by atoms with E-state index in [0.29, 0.717) is 12.5 Å². The molecule has 1 aliphatic rings. The molecular formula is C15H19N3O. The first-order valence-electron chi connectivity index (χ1n) is 6.77. The lowest BCUT2D eigenvalue weighted by atomic mass is 10.1. The summed E-state index contributed by atoms with van der Waals surface area (Å²) in [5.41, 5.74) is 2.37. The molecule has 1 saturated heterocycles. The van der Waals surface area contributed by atoms with E-state index >= 15 is 0 Å². The molecule has 0 unspecified atom stereocenters. The molecule has 0 aliphatic carbocycles. The highest BCUT2D eigenvalue weighted by Crippen LogP contribution is 2.19. The van der Waals surface area contributed by atoms with Crippen LogP contribution in [0.15, 0.2) is 30.5 Å². The summed E-state index contributed by atoms with van der Waals surface area (Å²) in [5.74, 6) is 0.233. The molecule has 2 aromatic rings. The van der Waals surface area contributed by atoms with Crippen molar-refractivity contribution in [3.63, 3.8) is 0 Å². The molecule has 4 nitrogen and oxygen atoms in total. The molecule has 0 atom stereocenters. The molecular weight excluding hydrogens is 238 g/mol. The Morgan fingerprint density at radius 1 is 1.37 bits per heavy atom. The molecule has 3 rings (SSSR count). The van der Waals surface area contributed by atoms with Crippen molar-refractivity contribution >= 4 is 16.8 Å². The van der Waals surface area contributed by atoms with E-state index in [1.165, 1.54) is 10.9 Å². The van der Waals surface area contributed by atoms with Crippen LogP contribution in [-0.4, -0.2) is 42.0 Å². The summed E-state index contributed by atoms with van der Waals surface area (Å²) in [7, 11) is 1.91. The second-order valence-electron chi connectivity index (χ2n) is 5.18. The molecule has 4 heteroatoms.